The molecule has 5 heteroatoms. The number of aryl methyl sites for hydroxylation is 1. The molecule has 112 valence electrons. The molecular weight excluding hydrogens is 270 g/mol. The third kappa shape index (κ3) is 4.09. The molecule has 0 aromatic carbocycles. The van der Waals surface area contributed by atoms with Gasteiger partial charge in [0.2, 0.25) is 0 Å². The fourth-order valence-corrected chi connectivity index (χ4v) is 3.56. The zero-order chi connectivity index (χ0) is 14.4. The Kier molecular flexibility index (Phi) is 6.10. The van der Waals surface area contributed by atoms with Gasteiger partial charge in [0, 0.05) is 17.9 Å². The predicted molar refractivity (Wildman–Crippen MR) is 84.6 cm³/mol. The van der Waals surface area contributed by atoms with Crippen LogP contribution in [0.2, 0.25) is 0 Å². The van der Waals surface area contributed by atoms with Crippen LogP contribution in [0, 0.1) is 0 Å². The standard InChI is InChI=1S/C15H25N3OS/c1-3-7-13-12(4-2)14(19)17-15(16-13)20-11-10-18-8-5-6-9-18/h3-11H2,1-2H3,(H,16,17,19). The molecule has 0 spiro atoms. The highest BCUT2D eigenvalue weighted by Crippen LogP contribution is 2.16. The van der Waals surface area contributed by atoms with Crippen molar-refractivity contribution < 1.29 is 0 Å². The van der Waals surface area contributed by atoms with Gasteiger partial charge in [-0.05, 0) is 38.8 Å². The minimum Gasteiger partial charge on any atom is -0.303 e. The number of thioether (sulfide) groups is 1. The molecule has 1 saturated heterocycles. The zero-order valence-corrected chi connectivity index (χ0v) is 13.4. The van der Waals surface area contributed by atoms with Crippen LogP contribution in [0.4, 0.5) is 0 Å². The van der Waals surface area contributed by atoms with Crippen LogP contribution in [-0.4, -0.2) is 40.3 Å². The molecule has 0 saturated carbocycles. The van der Waals surface area contributed by atoms with E-state index in [2.05, 4.69) is 21.8 Å². The van der Waals surface area contributed by atoms with Crippen molar-refractivity contribution in [3.05, 3.63) is 21.6 Å². The molecule has 2 heterocycles. The second-order valence-corrected chi connectivity index (χ2v) is 6.38. The third-order valence-corrected chi connectivity index (χ3v) is 4.62. The Morgan fingerprint density at radius 1 is 1.30 bits per heavy atom. The van der Waals surface area contributed by atoms with Crippen LogP contribution >= 0.6 is 11.8 Å². The number of aromatic amines is 1. The van der Waals surface area contributed by atoms with Crippen LogP contribution in [0.1, 0.15) is 44.4 Å². The van der Waals surface area contributed by atoms with Gasteiger partial charge < -0.3 is 9.88 Å². The third-order valence-electron chi connectivity index (χ3n) is 3.76. The topological polar surface area (TPSA) is 49.0 Å². The van der Waals surface area contributed by atoms with Crippen LogP contribution in [0.25, 0.3) is 0 Å². The monoisotopic (exact) mass is 295 g/mol. The number of nitrogens with zero attached hydrogens (tertiary/aromatic N) is 2. The van der Waals surface area contributed by atoms with Crippen molar-refractivity contribution in [1.82, 2.24) is 14.9 Å². The van der Waals surface area contributed by atoms with Gasteiger partial charge in [-0.2, -0.15) is 0 Å². The van der Waals surface area contributed by atoms with Gasteiger partial charge in [-0.15, -0.1) is 0 Å². The summed E-state index contributed by atoms with van der Waals surface area (Å²) in [5, 5.41) is 0.787. The summed E-state index contributed by atoms with van der Waals surface area (Å²) >= 11 is 1.67. The molecule has 1 aromatic rings. The quantitative estimate of drug-likeness (QED) is 0.620. The number of aromatic nitrogens is 2. The van der Waals surface area contributed by atoms with Gasteiger partial charge in [-0.3, -0.25) is 4.79 Å². The summed E-state index contributed by atoms with van der Waals surface area (Å²) in [6.07, 6.45) is 5.34. The van der Waals surface area contributed by atoms with Crippen LogP contribution in [0.3, 0.4) is 0 Å². The van der Waals surface area contributed by atoms with Gasteiger partial charge in [0.15, 0.2) is 5.16 Å². The van der Waals surface area contributed by atoms with E-state index in [-0.39, 0.29) is 5.56 Å². The van der Waals surface area contributed by atoms with E-state index in [0.717, 1.165) is 48.0 Å². The van der Waals surface area contributed by atoms with Crippen molar-refractivity contribution in [3.63, 3.8) is 0 Å². The first kappa shape index (κ1) is 15.6. The Balaban J connectivity index is 1.98. The molecule has 0 atom stereocenters. The first-order chi connectivity index (χ1) is 9.74. The van der Waals surface area contributed by atoms with E-state index >= 15 is 0 Å². The first-order valence-electron chi connectivity index (χ1n) is 7.71. The van der Waals surface area contributed by atoms with E-state index < -0.39 is 0 Å². The fourth-order valence-electron chi connectivity index (χ4n) is 2.68. The summed E-state index contributed by atoms with van der Waals surface area (Å²) in [5.41, 5.74) is 1.90. The lowest BCUT2D eigenvalue weighted by Gasteiger charge is -2.13. The maximum absolute atomic E-state index is 12.1. The van der Waals surface area contributed by atoms with E-state index in [0.29, 0.717) is 0 Å². The SMILES string of the molecule is CCCc1nc(SCCN2CCCC2)[nH]c(=O)c1CC. The van der Waals surface area contributed by atoms with Crippen LogP contribution in [0.5, 0.6) is 0 Å². The number of H-pyrrole nitrogens is 1. The first-order valence-corrected chi connectivity index (χ1v) is 8.70. The van der Waals surface area contributed by atoms with Crippen molar-refractivity contribution in [2.75, 3.05) is 25.4 Å². The predicted octanol–water partition coefficient (Wildman–Crippen LogP) is 2.47. The van der Waals surface area contributed by atoms with E-state index in [9.17, 15) is 4.79 Å². The molecule has 1 aromatic heterocycles. The van der Waals surface area contributed by atoms with Gasteiger partial charge >= 0.3 is 0 Å². The number of likely N-dealkylation sites (tertiary alicyclic amines) is 1. The molecule has 0 unspecified atom stereocenters. The van der Waals surface area contributed by atoms with Gasteiger partial charge in [-0.25, -0.2) is 4.98 Å². The maximum atomic E-state index is 12.1. The molecule has 20 heavy (non-hydrogen) atoms. The molecule has 0 amide bonds. The van der Waals surface area contributed by atoms with Gasteiger partial charge in [-0.1, -0.05) is 32.0 Å². The van der Waals surface area contributed by atoms with E-state index in [1.54, 1.807) is 11.8 Å². The van der Waals surface area contributed by atoms with E-state index in [4.69, 9.17) is 0 Å². The number of hydrogen-bond donors (Lipinski definition) is 1. The summed E-state index contributed by atoms with van der Waals surface area (Å²) in [7, 11) is 0. The lowest BCUT2D eigenvalue weighted by molar-refractivity contribution is 0.362. The number of hydrogen-bond acceptors (Lipinski definition) is 4. The smallest absolute Gasteiger partial charge is 0.254 e. The van der Waals surface area contributed by atoms with Crippen molar-refractivity contribution in [3.8, 4) is 0 Å². The van der Waals surface area contributed by atoms with Crippen molar-refractivity contribution >= 4 is 11.8 Å². The van der Waals surface area contributed by atoms with Crippen molar-refractivity contribution in [1.29, 1.82) is 0 Å². The Bertz CT molecular complexity index is 480. The summed E-state index contributed by atoms with van der Waals surface area (Å²) in [6, 6.07) is 0. The molecule has 2 rings (SSSR count). The Morgan fingerprint density at radius 3 is 2.70 bits per heavy atom. The highest BCUT2D eigenvalue weighted by atomic mass is 32.2. The van der Waals surface area contributed by atoms with Crippen LogP contribution in [0.15, 0.2) is 9.95 Å². The average Bonchev–Trinajstić information content (AvgIpc) is 2.92. The zero-order valence-electron chi connectivity index (χ0n) is 12.6. The lowest BCUT2D eigenvalue weighted by atomic mass is 10.1. The summed E-state index contributed by atoms with van der Waals surface area (Å²) < 4.78 is 0. The van der Waals surface area contributed by atoms with Gasteiger partial charge in [0.25, 0.3) is 5.56 Å². The number of rotatable bonds is 7. The van der Waals surface area contributed by atoms with Crippen molar-refractivity contribution in [2.24, 2.45) is 0 Å². The molecule has 4 nitrogen and oxygen atoms in total. The van der Waals surface area contributed by atoms with Crippen molar-refractivity contribution in [2.45, 2.75) is 51.1 Å². The molecule has 1 aliphatic rings. The maximum Gasteiger partial charge on any atom is 0.254 e. The Hall–Kier alpha value is -0.810. The molecule has 1 aliphatic heterocycles. The molecule has 0 radical (unpaired) electrons. The Labute approximate surface area is 125 Å². The number of nitrogens with one attached hydrogen (secondary N) is 1. The highest BCUT2D eigenvalue weighted by molar-refractivity contribution is 7.99. The minimum atomic E-state index is 0.0506. The van der Waals surface area contributed by atoms with E-state index in [1.165, 1.54) is 25.9 Å². The van der Waals surface area contributed by atoms with E-state index in [1.807, 2.05) is 6.92 Å². The Morgan fingerprint density at radius 2 is 2.05 bits per heavy atom. The van der Waals surface area contributed by atoms with Gasteiger partial charge in [0.1, 0.15) is 0 Å². The summed E-state index contributed by atoms with van der Waals surface area (Å²) in [4.78, 5) is 22.1. The minimum absolute atomic E-state index is 0.0506. The molecule has 0 aliphatic carbocycles. The highest BCUT2D eigenvalue weighted by Gasteiger charge is 2.12. The van der Waals surface area contributed by atoms with Crippen LogP contribution in [-0.2, 0) is 12.8 Å². The second kappa shape index (κ2) is 7.84. The van der Waals surface area contributed by atoms with Gasteiger partial charge in [0.05, 0.1) is 5.69 Å². The summed E-state index contributed by atoms with van der Waals surface area (Å²) in [6.45, 7) is 7.68. The normalized spacial score (nSPS) is 15.9. The lowest BCUT2D eigenvalue weighted by Crippen LogP contribution is -2.22. The second-order valence-electron chi connectivity index (χ2n) is 5.30. The molecule has 1 N–H and O–H groups in total. The molecular formula is C15H25N3OS. The fraction of sp³-hybridized carbons (Fsp3) is 0.733. The van der Waals surface area contributed by atoms with Crippen LogP contribution < -0.4 is 5.56 Å². The molecule has 1 fully saturated rings. The molecule has 0 bridgehead atoms. The summed E-state index contributed by atoms with van der Waals surface area (Å²) in [5.74, 6) is 1.000. The average molecular weight is 295 g/mol. The largest absolute Gasteiger partial charge is 0.303 e.